The molecule has 28 heavy (non-hydrogen) atoms. The van der Waals surface area contributed by atoms with Crippen LogP contribution in [0, 0.1) is 5.92 Å². The molecule has 2 atom stereocenters. The van der Waals surface area contributed by atoms with Crippen molar-refractivity contribution in [1.82, 2.24) is 24.8 Å². The molecule has 3 aromatic heterocycles. The molecule has 0 radical (unpaired) electrons. The number of aromatic nitrogens is 4. The second-order valence-electron chi connectivity index (χ2n) is 7.84. The van der Waals surface area contributed by atoms with Crippen molar-refractivity contribution in [3.05, 3.63) is 40.5 Å². The van der Waals surface area contributed by atoms with Crippen molar-refractivity contribution < 1.29 is 5.11 Å². The highest BCUT2D eigenvalue weighted by Crippen LogP contribution is 2.37. The van der Waals surface area contributed by atoms with Crippen LogP contribution < -0.4 is 5.73 Å². The molecule has 8 heteroatoms. The highest BCUT2D eigenvalue weighted by atomic mass is 32.1. The van der Waals surface area contributed by atoms with Crippen LogP contribution in [0.3, 0.4) is 0 Å². The monoisotopic (exact) mass is 396 g/mol. The summed E-state index contributed by atoms with van der Waals surface area (Å²) in [5.74, 6) is 1.50. The van der Waals surface area contributed by atoms with E-state index in [2.05, 4.69) is 19.9 Å². The Morgan fingerprint density at radius 2 is 2.07 bits per heavy atom. The molecule has 3 aromatic rings. The molecule has 0 amide bonds. The molecule has 0 bridgehead atoms. The zero-order valence-electron chi connectivity index (χ0n) is 15.7. The molecule has 1 aliphatic heterocycles. The van der Waals surface area contributed by atoms with Crippen molar-refractivity contribution in [3.63, 3.8) is 0 Å². The number of β-amino-alcohol motifs (C(OH)–C–C–N with tert-alkyl or cyclic N) is 1. The Hall–Kier alpha value is -2.16. The molecular formula is C20H24N6OS. The Morgan fingerprint density at radius 3 is 2.93 bits per heavy atom. The largest absolute Gasteiger partial charge is 0.391 e. The lowest BCUT2D eigenvalue weighted by atomic mass is 9.97. The number of aliphatic hydroxyl groups is 1. The summed E-state index contributed by atoms with van der Waals surface area (Å²) in [5.41, 5.74) is 8.62. The van der Waals surface area contributed by atoms with Crippen molar-refractivity contribution in [3.8, 4) is 0 Å². The lowest BCUT2D eigenvalue weighted by Crippen LogP contribution is -2.23. The summed E-state index contributed by atoms with van der Waals surface area (Å²) < 4.78 is 0. The molecule has 1 aliphatic carbocycles. The second-order valence-corrected chi connectivity index (χ2v) is 8.92. The van der Waals surface area contributed by atoms with Crippen molar-refractivity contribution in [1.29, 1.82) is 0 Å². The van der Waals surface area contributed by atoms with E-state index in [4.69, 9.17) is 10.7 Å². The number of rotatable bonds is 4. The fourth-order valence-corrected chi connectivity index (χ4v) is 5.77. The summed E-state index contributed by atoms with van der Waals surface area (Å²) in [7, 11) is 0. The van der Waals surface area contributed by atoms with Gasteiger partial charge in [0.15, 0.2) is 0 Å². The van der Waals surface area contributed by atoms with Crippen LogP contribution in [0.1, 0.15) is 34.8 Å². The lowest BCUT2D eigenvalue weighted by molar-refractivity contribution is 0.140. The van der Waals surface area contributed by atoms with Gasteiger partial charge in [0.05, 0.1) is 23.7 Å². The topological polar surface area (TPSA) is 101 Å². The van der Waals surface area contributed by atoms with Gasteiger partial charge in [-0.2, -0.15) is 0 Å². The van der Waals surface area contributed by atoms with Gasteiger partial charge < -0.3 is 10.8 Å². The first-order chi connectivity index (χ1) is 13.7. The summed E-state index contributed by atoms with van der Waals surface area (Å²) in [6.45, 7) is 2.02. The molecule has 1 saturated heterocycles. The Morgan fingerprint density at radius 1 is 1.18 bits per heavy atom. The molecule has 5 rings (SSSR count). The first kappa shape index (κ1) is 17.9. The Balaban J connectivity index is 1.33. The summed E-state index contributed by atoms with van der Waals surface area (Å²) in [6, 6.07) is 0. The van der Waals surface area contributed by atoms with Gasteiger partial charge in [0, 0.05) is 42.5 Å². The predicted octanol–water partition coefficient (Wildman–Crippen LogP) is 1.98. The number of nitrogens with zero attached hydrogens (tertiary/aromatic N) is 5. The number of aliphatic hydroxyl groups excluding tert-OH is 1. The van der Waals surface area contributed by atoms with Crippen molar-refractivity contribution in [2.75, 3.05) is 18.8 Å². The molecular weight excluding hydrogens is 372 g/mol. The van der Waals surface area contributed by atoms with Crippen LogP contribution in [-0.2, 0) is 25.8 Å². The number of fused-ring (bicyclic) bond motifs is 3. The predicted molar refractivity (Wildman–Crippen MR) is 109 cm³/mol. The first-order valence-corrected chi connectivity index (χ1v) is 10.7. The second kappa shape index (κ2) is 7.35. The zero-order chi connectivity index (χ0) is 19.1. The van der Waals surface area contributed by atoms with E-state index in [1.807, 2.05) is 0 Å². The van der Waals surface area contributed by atoms with Gasteiger partial charge >= 0.3 is 0 Å². The zero-order valence-corrected chi connectivity index (χ0v) is 16.5. The van der Waals surface area contributed by atoms with E-state index in [1.165, 1.54) is 23.3 Å². The SMILES string of the molecule is Nc1nc(CN2C[C@@H](Cc3cnccn3)[C@H](O)C2)nc2sc3c(c12)CCCC3. The minimum Gasteiger partial charge on any atom is -0.391 e. The third-order valence-corrected chi connectivity index (χ3v) is 7.01. The van der Waals surface area contributed by atoms with E-state index < -0.39 is 0 Å². The number of hydrogen-bond acceptors (Lipinski definition) is 8. The molecule has 3 N–H and O–H groups in total. The van der Waals surface area contributed by atoms with Gasteiger partial charge in [0.1, 0.15) is 16.5 Å². The van der Waals surface area contributed by atoms with Gasteiger partial charge in [-0.25, -0.2) is 9.97 Å². The van der Waals surface area contributed by atoms with E-state index in [0.717, 1.165) is 47.5 Å². The molecule has 1 fully saturated rings. The fraction of sp³-hybridized carbons (Fsp3) is 0.500. The van der Waals surface area contributed by atoms with Crippen molar-refractivity contribution in [2.24, 2.45) is 5.92 Å². The fourth-order valence-electron chi connectivity index (χ4n) is 4.48. The maximum Gasteiger partial charge on any atom is 0.146 e. The molecule has 0 aromatic carbocycles. The standard InChI is InChI=1S/C20H24N6OS/c21-19-18-14-3-1-2-4-16(14)28-20(18)25-17(24-19)11-26-9-12(15(27)10-26)7-13-8-22-5-6-23-13/h5-6,8,12,15,27H,1-4,7,9-11H2,(H2,21,24,25)/t12-,15-/m1/s1. The summed E-state index contributed by atoms with van der Waals surface area (Å²) in [5, 5.41) is 11.6. The van der Waals surface area contributed by atoms with Crippen molar-refractivity contribution in [2.45, 2.75) is 44.8 Å². The first-order valence-electron chi connectivity index (χ1n) is 9.89. The average molecular weight is 397 g/mol. The highest BCUT2D eigenvalue weighted by Gasteiger charge is 2.32. The van der Waals surface area contributed by atoms with E-state index in [0.29, 0.717) is 18.9 Å². The summed E-state index contributed by atoms with van der Waals surface area (Å²) >= 11 is 1.77. The van der Waals surface area contributed by atoms with Gasteiger partial charge in [-0.15, -0.1) is 11.3 Å². The van der Waals surface area contributed by atoms with Crippen LogP contribution in [0.5, 0.6) is 0 Å². The minimum absolute atomic E-state index is 0.145. The van der Waals surface area contributed by atoms with E-state index >= 15 is 0 Å². The molecule has 0 unspecified atom stereocenters. The Kier molecular flexibility index (Phi) is 4.70. The Labute approximate surface area is 167 Å². The third kappa shape index (κ3) is 3.36. The maximum atomic E-state index is 10.5. The number of thiophene rings is 1. The van der Waals surface area contributed by atoms with E-state index in [9.17, 15) is 5.11 Å². The average Bonchev–Trinajstić information content (AvgIpc) is 3.22. The number of likely N-dealkylation sites (tertiary alicyclic amines) is 1. The molecule has 7 nitrogen and oxygen atoms in total. The molecule has 4 heterocycles. The van der Waals surface area contributed by atoms with Crippen LogP contribution in [0.15, 0.2) is 18.6 Å². The molecule has 0 saturated carbocycles. The number of anilines is 1. The van der Waals surface area contributed by atoms with Crippen LogP contribution in [0.4, 0.5) is 5.82 Å². The number of hydrogen-bond donors (Lipinski definition) is 2. The maximum absolute atomic E-state index is 10.5. The molecule has 146 valence electrons. The van der Waals surface area contributed by atoms with Gasteiger partial charge in [-0.1, -0.05) is 0 Å². The molecule has 2 aliphatic rings. The van der Waals surface area contributed by atoms with Gasteiger partial charge in [-0.3, -0.25) is 14.9 Å². The van der Waals surface area contributed by atoms with E-state index in [1.54, 1.807) is 29.9 Å². The number of nitrogens with two attached hydrogens (primary N) is 1. The normalized spacial score (nSPS) is 22.6. The number of aryl methyl sites for hydroxylation is 2. The molecule has 0 spiro atoms. The smallest absolute Gasteiger partial charge is 0.146 e. The van der Waals surface area contributed by atoms with Crippen LogP contribution in [-0.4, -0.2) is 49.1 Å². The van der Waals surface area contributed by atoms with Gasteiger partial charge in [0.25, 0.3) is 0 Å². The van der Waals surface area contributed by atoms with Crippen LogP contribution in [0.2, 0.25) is 0 Å². The summed E-state index contributed by atoms with van der Waals surface area (Å²) in [4.78, 5) is 22.5. The van der Waals surface area contributed by atoms with Gasteiger partial charge in [0.2, 0.25) is 0 Å². The summed E-state index contributed by atoms with van der Waals surface area (Å²) in [6.07, 6.45) is 10.2. The Bertz CT molecular complexity index is 991. The van der Waals surface area contributed by atoms with Gasteiger partial charge in [-0.05, 0) is 37.7 Å². The van der Waals surface area contributed by atoms with Crippen LogP contribution in [0.25, 0.3) is 10.2 Å². The quantitative estimate of drug-likeness (QED) is 0.695. The number of nitrogen functional groups attached to an aromatic ring is 1. The highest BCUT2D eigenvalue weighted by molar-refractivity contribution is 7.19. The third-order valence-electron chi connectivity index (χ3n) is 5.82. The van der Waals surface area contributed by atoms with Crippen LogP contribution >= 0.6 is 11.3 Å². The van der Waals surface area contributed by atoms with E-state index in [-0.39, 0.29) is 12.0 Å². The minimum atomic E-state index is -0.378. The van der Waals surface area contributed by atoms with Crippen molar-refractivity contribution >= 4 is 27.4 Å². The lowest BCUT2D eigenvalue weighted by Gasteiger charge is -2.15.